The van der Waals surface area contributed by atoms with Gasteiger partial charge in [-0.2, -0.15) is 0 Å². The summed E-state index contributed by atoms with van der Waals surface area (Å²) in [5.41, 5.74) is 0. The molecule has 0 radical (unpaired) electrons. The van der Waals surface area contributed by atoms with Gasteiger partial charge in [0.05, 0.1) is 0 Å². The fraction of sp³-hybridized carbons (Fsp3) is 0.692. The third kappa shape index (κ3) is 4.14. The van der Waals surface area contributed by atoms with E-state index in [2.05, 4.69) is 32.4 Å². The number of likely N-dealkylation sites (tertiary alicyclic amines) is 1. The molecular formula is C13H23N5. The average Bonchev–Trinajstić information content (AvgIpc) is 2.89. The van der Waals surface area contributed by atoms with Crippen molar-refractivity contribution in [1.82, 2.24) is 14.9 Å². The van der Waals surface area contributed by atoms with E-state index in [1.165, 1.54) is 38.9 Å². The summed E-state index contributed by atoms with van der Waals surface area (Å²) in [4.78, 5) is 10.9. The first kappa shape index (κ1) is 13.1. The van der Waals surface area contributed by atoms with Gasteiger partial charge in [0.15, 0.2) is 0 Å². The normalized spacial score (nSPS) is 15.8. The van der Waals surface area contributed by atoms with E-state index in [4.69, 9.17) is 0 Å². The molecule has 0 amide bonds. The van der Waals surface area contributed by atoms with Crippen molar-refractivity contribution in [1.29, 1.82) is 0 Å². The van der Waals surface area contributed by atoms with Gasteiger partial charge in [-0.1, -0.05) is 0 Å². The number of nitrogens with zero attached hydrogens (tertiary/aromatic N) is 3. The van der Waals surface area contributed by atoms with Crippen LogP contribution in [0.3, 0.4) is 0 Å². The Balaban J connectivity index is 1.67. The molecule has 2 rings (SSSR count). The number of hydrogen-bond acceptors (Lipinski definition) is 5. The molecule has 0 aromatic carbocycles. The summed E-state index contributed by atoms with van der Waals surface area (Å²) in [7, 11) is 0. The third-order valence-corrected chi connectivity index (χ3v) is 3.18. The lowest BCUT2D eigenvalue weighted by Gasteiger charge is -2.14. The van der Waals surface area contributed by atoms with Crippen LogP contribution in [0.4, 0.5) is 11.6 Å². The maximum atomic E-state index is 4.22. The van der Waals surface area contributed by atoms with E-state index in [1.807, 2.05) is 6.07 Å². The number of aromatic nitrogens is 2. The van der Waals surface area contributed by atoms with Gasteiger partial charge in [0.25, 0.3) is 0 Å². The van der Waals surface area contributed by atoms with Crippen LogP contribution in [0.1, 0.15) is 26.2 Å². The highest BCUT2D eigenvalue weighted by molar-refractivity contribution is 5.46. The van der Waals surface area contributed by atoms with Crippen molar-refractivity contribution in [2.45, 2.75) is 26.2 Å². The van der Waals surface area contributed by atoms with Crippen LogP contribution in [-0.2, 0) is 0 Å². The van der Waals surface area contributed by atoms with Crippen LogP contribution in [0.15, 0.2) is 12.4 Å². The topological polar surface area (TPSA) is 53.1 Å². The van der Waals surface area contributed by atoms with Gasteiger partial charge < -0.3 is 15.5 Å². The molecule has 1 aromatic heterocycles. The Morgan fingerprint density at radius 2 is 1.89 bits per heavy atom. The molecule has 1 fully saturated rings. The molecule has 2 N–H and O–H groups in total. The number of nitrogens with one attached hydrogen (secondary N) is 2. The number of anilines is 2. The van der Waals surface area contributed by atoms with Crippen molar-refractivity contribution in [3.8, 4) is 0 Å². The summed E-state index contributed by atoms with van der Waals surface area (Å²) >= 11 is 0. The lowest BCUT2D eigenvalue weighted by molar-refractivity contribution is 0.337. The summed E-state index contributed by atoms with van der Waals surface area (Å²) in [6.45, 7) is 7.66. The Labute approximate surface area is 109 Å². The van der Waals surface area contributed by atoms with Crippen molar-refractivity contribution in [2.75, 3.05) is 43.4 Å². The predicted octanol–water partition coefficient (Wildman–Crippen LogP) is 1.81. The molecule has 0 aliphatic carbocycles. The van der Waals surface area contributed by atoms with E-state index in [0.29, 0.717) is 0 Å². The molecule has 1 saturated heterocycles. The molecule has 2 heterocycles. The van der Waals surface area contributed by atoms with Crippen molar-refractivity contribution < 1.29 is 0 Å². The highest BCUT2D eigenvalue weighted by atomic mass is 15.1. The quantitative estimate of drug-likeness (QED) is 0.722. The second-order valence-electron chi connectivity index (χ2n) is 4.65. The lowest BCUT2D eigenvalue weighted by atomic mass is 10.4. The average molecular weight is 249 g/mol. The second-order valence-corrected chi connectivity index (χ2v) is 4.65. The molecule has 5 nitrogen and oxygen atoms in total. The zero-order chi connectivity index (χ0) is 12.6. The van der Waals surface area contributed by atoms with Crippen molar-refractivity contribution in [3.05, 3.63) is 12.4 Å². The van der Waals surface area contributed by atoms with Gasteiger partial charge in [-0.25, -0.2) is 9.97 Å². The van der Waals surface area contributed by atoms with Crippen molar-refractivity contribution >= 4 is 11.6 Å². The summed E-state index contributed by atoms with van der Waals surface area (Å²) in [5.74, 6) is 1.79. The molecule has 100 valence electrons. The molecule has 5 heteroatoms. The minimum atomic E-state index is 0.880. The maximum Gasteiger partial charge on any atom is 0.131 e. The SMILES string of the molecule is CCNc1cc(NCCCN2CCCC2)ncn1. The molecule has 1 aromatic rings. The Kier molecular flexibility index (Phi) is 5.20. The fourth-order valence-corrected chi connectivity index (χ4v) is 2.26. The van der Waals surface area contributed by atoms with Crippen LogP contribution < -0.4 is 10.6 Å². The van der Waals surface area contributed by atoms with Crippen LogP contribution in [0, 0.1) is 0 Å². The van der Waals surface area contributed by atoms with Gasteiger partial charge in [0.2, 0.25) is 0 Å². The van der Waals surface area contributed by atoms with Gasteiger partial charge in [-0.3, -0.25) is 0 Å². The fourth-order valence-electron chi connectivity index (χ4n) is 2.26. The predicted molar refractivity (Wildman–Crippen MR) is 75.0 cm³/mol. The molecule has 1 aliphatic heterocycles. The second kappa shape index (κ2) is 7.16. The Morgan fingerprint density at radius 1 is 1.17 bits per heavy atom. The maximum absolute atomic E-state index is 4.22. The molecule has 18 heavy (non-hydrogen) atoms. The van der Waals surface area contributed by atoms with E-state index in [1.54, 1.807) is 6.33 Å². The summed E-state index contributed by atoms with van der Waals surface area (Å²) in [5, 5.41) is 6.53. The van der Waals surface area contributed by atoms with Gasteiger partial charge >= 0.3 is 0 Å². The number of rotatable bonds is 7. The van der Waals surface area contributed by atoms with Crippen LogP contribution in [0.2, 0.25) is 0 Å². The largest absolute Gasteiger partial charge is 0.370 e. The smallest absolute Gasteiger partial charge is 0.131 e. The minimum Gasteiger partial charge on any atom is -0.370 e. The summed E-state index contributed by atoms with van der Waals surface area (Å²) in [6, 6.07) is 1.96. The zero-order valence-electron chi connectivity index (χ0n) is 11.2. The zero-order valence-corrected chi connectivity index (χ0v) is 11.2. The molecule has 0 unspecified atom stereocenters. The standard InChI is InChI=1S/C13H23N5/c1-2-14-12-10-13(17-11-16-12)15-6-5-9-18-7-3-4-8-18/h10-11H,2-9H2,1H3,(H2,14,15,16,17). The molecule has 1 aliphatic rings. The minimum absolute atomic E-state index is 0.880. The monoisotopic (exact) mass is 249 g/mol. The lowest BCUT2D eigenvalue weighted by Crippen LogP contribution is -2.22. The summed E-state index contributed by atoms with van der Waals surface area (Å²) in [6.07, 6.45) is 5.50. The van der Waals surface area contributed by atoms with E-state index >= 15 is 0 Å². The molecule has 0 spiro atoms. The number of hydrogen-bond donors (Lipinski definition) is 2. The Morgan fingerprint density at radius 3 is 2.61 bits per heavy atom. The first-order valence-electron chi connectivity index (χ1n) is 6.90. The highest BCUT2D eigenvalue weighted by Crippen LogP contribution is 2.09. The van der Waals surface area contributed by atoms with Crippen molar-refractivity contribution in [3.63, 3.8) is 0 Å². The van der Waals surface area contributed by atoms with Gasteiger partial charge in [-0.05, 0) is 45.8 Å². The van der Waals surface area contributed by atoms with Gasteiger partial charge in [0, 0.05) is 19.2 Å². The highest BCUT2D eigenvalue weighted by Gasteiger charge is 2.09. The van der Waals surface area contributed by atoms with Crippen LogP contribution in [0.25, 0.3) is 0 Å². The Hall–Kier alpha value is -1.36. The molecule has 0 bridgehead atoms. The first-order chi connectivity index (χ1) is 8.88. The third-order valence-electron chi connectivity index (χ3n) is 3.18. The molecular weight excluding hydrogens is 226 g/mol. The van der Waals surface area contributed by atoms with Crippen LogP contribution in [0.5, 0.6) is 0 Å². The molecule has 0 saturated carbocycles. The summed E-state index contributed by atoms with van der Waals surface area (Å²) < 4.78 is 0. The van der Waals surface area contributed by atoms with Gasteiger partial charge in [0.1, 0.15) is 18.0 Å². The van der Waals surface area contributed by atoms with Crippen LogP contribution in [-0.4, -0.2) is 47.6 Å². The van der Waals surface area contributed by atoms with E-state index in [-0.39, 0.29) is 0 Å². The van der Waals surface area contributed by atoms with Gasteiger partial charge in [-0.15, -0.1) is 0 Å². The Bertz CT molecular complexity index is 349. The van der Waals surface area contributed by atoms with Crippen molar-refractivity contribution in [2.24, 2.45) is 0 Å². The van der Waals surface area contributed by atoms with E-state index in [0.717, 1.165) is 24.7 Å². The molecule has 0 atom stereocenters. The first-order valence-corrected chi connectivity index (χ1v) is 6.90. The van der Waals surface area contributed by atoms with Crippen LogP contribution >= 0.6 is 0 Å². The van der Waals surface area contributed by atoms with E-state index < -0.39 is 0 Å². The van der Waals surface area contributed by atoms with E-state index in [9.17, 15) is 0 Å².